The van der Waals surface area contributed by atoms with Crippen LogP contribution in [0.25, 0.3) is 0 Å². The van der Waals surface area contributed by atoms with Crippen molar-refractivity contribution in [3.63, 3.8) is 0 Å². The molecule has 0 aliphatic carbocycles. The molecule has 0 radical (unpaired) electrons. The lowest BCUT2D eigenvalue weighted by molar-refractivity contribution is -0.142. The number of benzene rings is 2. The van der Waals surface area contributed by atoms with Gasteiger partial charge in [0.05, 0.1) is 0 Å². The van der Waals surface area contributed by atoms with Crippen LogP contribution in [-0.4, -0.2) is 46.2 Å². The van der Waals surface area contributed by atoms with Crippen molar-refractivity contribution in [3.8, 4) is 0 Å². The summed E-state index contributed by atoms with van der Waals surface area (Å²) in [5.74, 6) is -3.21. The van der Waals surface area contributed by atoms with Gasteiger partial charge in [-0.3, -0.25) is 9.59 Å². The van der Waals surface area contributed by atoms with Crippen molar-refractivity contribution >= 4 is 23.9 Å². The summed E-state index contributed by atoms with van der Waals surface area (Å²) in [5, 5.41) is 23.2. The molecule has 2 aromatic carbocycles. The number of carboxylic acid groups (broad SMARTS) is 2. The predicted molar refractivity (Wildman–Crippen MR) is 115 cm³/mol. The summed E-state index contributed by atoms with van der Waals surface area (Å²) in [4.78, 5) is 47.4. The van der Waals surface area contributed by atoms with Crippen molar-refractivity contribution in [2.24, 2.45) is 0 Å². The minimum Gasteiger partial charge on any atom is -0.481 e. The molecule has 0 saturated heterocycles. The van der Waals surface area contributed by atoms with Gasteiger partial charge in [-0.15, -0.1) is 0 Å². The fraction of sp³-hybridized carbons (Fsp3) is 0.304. The highest BCUT2D eigenvalue weighted by molar-refractivity contribution is 5.89. The maximum atomic E-state index is 12.7. The minimum atomic E-state index is -1.27. The molecule has 0 aliphatic heterocycles. The Balaban J connectivity index is 2.01. The number of carbonyl (C=O) groups is 4. The first-order chi connectivity index (χ1) is 15.2. The first kappa shape index (κ1) is 24.4. The number of carbonyl (C=O) groups excluding carboxylic acids is 2. The van der Waals surface area contributed by atoms with Crippen molar-refractivity contribution in [2.45, 2.75) is 44.9 Å². The van der Waals surface area contributed by atoms with Crippen LogP contribution in [0.15, 0.2) is 54.6 Å². The Morgan fingerprint density at radius 3 is 2.12 bits per heavy atom. The van der Waals surface area contributed by atoms with Crippen molar-refractivity contribution in [1.29, 1.82) is 0 Å². The Bertz CT molecular complexity index is 929. The number of amides is 2. The molecule has 9 heteroatoms. The number of aryl methyl sites for hydroxylation is 1. The number of hydrogen-bond acceptors (Lipinski definition) is 5. The van der Waals surface area contributed by atoms with E-state index in [2.05, 4.69) is 10.6 Å². The van der Waals surface area contributed by atoms with Crippen molar-refractivity contribution in [2.75, 3.05) is 0 Å². The van der Waals surface area contributed by atoms with E-state index in [0.29, 0.717) is 5.56 Å². The molecule has 4 N–H and O–H groups in total. The smallest absolute Gasteiger partial charge is 0.408 e. The van der Waals surface area contributed by atoms with E-state index >= 15 is 0 Å². The third-order valence-corrected chi connectivity index (χ3v) is 4.64. The summed E-state index contributed by atoms with van der Waals surface area (Å²) in [6.45, 7) is 1.86. The Morgan fingerprint density at radius 2 is 1.53 bits per heavy atom. The second kappa shape index (κ2) is 12.1. The molecular weight excluding hydrogens is 416 g/mol. The summed E-state index contributed by atoms with van der Waals surface area (Å²) in [6.07, 6.45) is -1.50. The standard InChI is InChI=1S/C23H26N2O7/c1-15-7-9-16(10-8-15)13-19(22(29)30)24-21(28)18(11-12-20(26)27)25-23(31)32-14-17-5-3-2-4-6-17/h2-10,18-19H,11-14H2,1H3,(H,24,28)(H,25,31)(H,26,27)(H,29,30). The third-order valence-electron chi connectivity index (χ3n) is 4.64. The molecule has 0 spiro atoms. The minimum absolute atomic E-state index is 0.0332. The molecule has 0 aliphatic rings. The van der Waals surface area contributed by atoms with Gasteiger partial charge in [-0.1, -0.05) is 60.2 Å². The number of ether oxygens (including phenoxy) is 1. The van der Waals surface area contributed by atoms with Gasteiger partial charge in [-0.2, -0.15) is 0 Å². The normalized spacial score (nSPS) is 12.3. The van der Waals surface area contributed by atoms with Gasteiger partial charge in [0, 0.05) is 12.8 Å². The number of aliphatic carboxylic acids is 2. The number of nitrogens with one attached hydrogen (secondary N) is 2. The lowest BCUT2D eigenvalue weighted by atomic mass is 10.0. The first-order valence-corrected chi connectivity index (χ1v) is 10.0. The van der Waals surface area contributed by atoms with Crippen LogP contribution in [0.3, 0.4) is 0 Å². The molecule has 2 rings (SSSR count). The van der Waals surface area contributed by atoms with Gasteiger partial charge in [-0.05, 0) is 24.5 Å². The van der Waals surface area contributed by atoms with Gasteiger partial charge in [-0.25, -0.2) is 9.59 Å². The van der Waals surface area contributed by atoms with Crippen LogP contribution in [-0.2, 0) is 32.1 Å². The molecule has 0 saturated carbocycles. The maximum Gasteiger partial charge on any atom is 0.408 e. The third kappa shape index (κ3) is 8.47. The molecule has 2 atom stereocenters. The molecule has 0 aromatic heterocycles. The zero-order valence-electron chi connectivity index (χ0n) is 17.6. The average Bonchev–Trinajstić information content (AvgIpc) is 2.76. The lowest BCUT2D eigenvalue weighted by Gasteiger charge is -2.21. The Labute approximate surface area is 185 Å². The maximum absolute atomic E-state index is 12.7. The second-order valence-electron chi connectivity index (χ2n) is 7.28. The topological polar surface area (TPSA) is 142 Å². The van der Waals surface area contributed by atoms with E-state index in [1.165, 1.54) is 0 Å². The van der Waals surface area contributed by atoms with Crippen LogP contribution in [0, 0.1) is 6.92 Å². The Hall–Kier alpha value is -3.88. The largest absolute Gasteiger partial charge is 0.481 e. The van der Waals surface area contributed by atoms with Crippen LogP contribution in [0.4, 0.5) is 4.79 Å². The van der Waals surface area contributed by atoms with Crippen LogP contribution in [0.5, 0.6) is 0 Å². The zero-order valence-corrected chi connectivity index (χ0v) is 17.6. The molecule has 2 aromatic rings. The fourth-order valence-corrected chi connectivity index (χ4v) is 2.88. The highest BCUT2D eigenvalue weighted by atomic mass is 16.5. The zero-order chi connectivity index (χ0) is 23.5. The van der Waals surface area contributed by atoms with Crippen LogP contribution in [0.1, 0.15) is 29.5 Å². The summed E-state index contributed by atoms with van der Waals surface area (Å²) in [6, 6.07) is 13.5. The van der Waals surface area contributed by atoms with Gasteiger partial charge >= 0.3 is 18.0 Å². The predicted octanol–water partition coefficient (Wildman–Crippen LogP) is 2.27. The van der Waals surface area contributed by atoms with E-state index in [9.17, 15) is 24.3 Å². The summed E-state index contributed by atoms with van der Waals surface area (Å²) in [5.41, 5.74) is 2.45. The number of hydrogen-bond donors (Lipinski definition) is 4. The van der Waals surface area contributed by atoms with E-state index in [1.54, 1.807) is 36.4 Å². The number of alkyl carbamates (subject to hydrolysis) is 1. The lowest BCUT2D eigenvalue weighted by Crippen LogP contribution is -2.52. The van der Waals surface area contributed by atoms with E-state index in [1.807, 2.05) is 25.1 Å². The van der Waals surface area contributed by atoms with Gasteiger partial charge in [0.25, 0.3) is 0 Å². The SMILES string of the molecule is Cc1ccc(CC(NC(=O)C(CCC(=O)O)NC(=O)OCc2ccccc2)C(=O)O)cc1. The van der Waals surface area contributed by atoms with E-state index in [0.717, 1.165) is 11.1 Å². The van der Waals surface area contributed by atoms with E-state index in [-0.39, 0.29) is 19.4 Å². The van der Waals surface area contributed by atoms with Crippen LogP contribution in [0.2, 0.25) is 0 Å². The molecule has 0 fully saturated rings. The van der Waals surface area contributed by atoms with Gasteiger partial charge < -0.3 is 25.6 Å². The van der Waals surface area contributed by atoms with Crippen LogP contribution < -0.4 is 10.6 Å². The monoisotopic (exact) mass is 442 g/mol. The molecule has 32 heavy (non-hydrogen) atoms. The van der Waals surface area contributed by atoms with E-state index in [4.69, 9.17) is 9.84 Å². The molecule has 2 unspecified atom stereocenters. The Kier molecular flexibility index (Phi) is 9.22. The number of carboxylic acids is 2. The summed E-state index contributed by atoms with van der Waals surface area (Å²) in [7, 11) is 0. The van der Waals surface area contributed by atoms with Gasteiger partial charge in [0.2, 0.25) is 5.91 Å². The molecule has 0 bridgehead atoms. The quantitative estimate of drug-likeness (QED) is 0.418. The molecule has 2 amide bonds. The molecule has 0 heterocycles. The summed E-state index contributed by atoms with van der Waals surface area (Å²) >= 11 is 0. The van der Waals surface area contributed by atoms with Crippen molar-refractivity contribution in [3.05, 3.63) is 71.3 Å². The first-order valence-electron chi connectivity index (χ1n) is 10.0. The summed E-state index contributed by atoms with van der Waals surface area (Å²) < 4.78 is 5.08. The van der Waals surface area contributed by atoms with Gasteiger partial charge in [0.15, 0.2) is 0 Å². The highest BCUT2D eigenvalue weighted by Crippen LogP contribution is 2.08. The molecule has 9 nitrogen and oxygen atoms in total. The fourth-order valence-electron chi connectivity index (χ4n) is 2.88. The van der Waals surface area contributed by atoms with Gasteiger partial charge in [0.1, 0.15) is 18.7 Å². The second-order valence-corrected chi connectivity index (χ2v) is 7.28. The highest BCUT2D eigenvalue weighted by Gasteiger charge is 2.27. The average molecular weight is 442 g/mol. The Morgan fingerprint density at radius 1 is 0.875 bits per heavy atom. The number of rotatable bonds is 11. The molecule has 170 valence electrons. The van der Waals surface area contributed by atoms with E-state index < -0.39 is 42.4 Å². The van der Waals surface area contributed by atoms with Crippen LogP contribution >= 0.6 is 0 Å². The van der Waals surface area contributed by atoms with Crippen molar-refractivity contribution < 1.29 is 34.1 Å². The molecular formula is C23H26N2O7. The van der Waals surface area contributed by atoms with Crippen molar-refractivity contribution in [1.82, 2.24) is 10.6 Å².